The highest BCUT2D eigenvalue weighted by Crippen LogP contribution is 2.30. The summed E-state index contributed by atoms with van der Waals surface area (Å²) in [5.41, 5.74) is 1.09. The van der Waals surface area contributed by atoms with Crippen LogP contribution in [0.25, 0.3) is 0 Å². The zero-order valence-electron chi connectivity index (χ0n) is 11.7. The molecule has 1 aromatic heterocycles. The summed E-state index contributed by atoms with van der Waals surface area (Å²) in [6, 6.07) is 9.98. The maximum Gasteiger partial charge on any atom is 0.186 e. The number of nitrogens with zero attached hydrogens (tertiary/aromatic N) is 2. The Morgan fingerprint density at radius 3 is 2.32 bits per heavy atom. The fourth-order valence-corrected chi connectivity index (χ4v) is 1.99. The molecule has 1 aromatic carbocycles. The summed E-state index contributed by atoms with van der Waals surface area (Å²) >= 11 is 0. The maximum atomic E-state index is 13.8. The Morgan fingerprint density at radius 1 is 1.11 bits per heavy atom. The second-order valence-electron chi connectivity index (χ2n) is 5.04. The van der Waals surface area contributed by atoms with Crippen molar-refractivity contribution in [2.75, 3.05) is 12.4 Å². The van der Waals surface area contributed by atoms with E-state index in [0.717, 1.165) is 5.56 Å². The molecular weight excluding hydrogens is 241 g/mol. The van der Waals surface area contributed by atoms with Crippen molar-refractivity contribution in [1.29, 1.82) is 0 Å². The molecule has 0 spiro atoms. The van der Waals surface area contributed by atoms with Gasteiger partial charge >= 0.3 is 0 Å². The largest absolute Gasteiger partial charge is 0.371 e. The molecule has 0 amide bonds. The van der Waals surface area contributed by atoms with Crippen molar-refractivity contribution in [2.24, 2.45) is 0 Å². The lowest BCUT2D eigenvalue weighted by Gasteiger charge is -2.24. The van der Waals surface area contributed by atoms with Crippen LogP contribution in [0.3, 0.4) is 0 Å². The van der Waals surface area contributed by atoms with E-state index in [1.54, 1.807) is 14.0 Å². The summed E-state index contributed by atoms with van der Waals surface area (Å²) < 4.78 is 13.8. The number of benzene rings is 1. The van der Waals surface area contributed by atoms with Crippen molar-refractivity contribution < 1.29 is 4.39 Å². The van der Waals surface area contributed by atoms with E-state index in [9.17, 15) is 4.39 Å². The van der Waals surface area contributed by atoms with Crippen molar-refractivity contribution in [2.45, 2.75) is 26.2 Å². The van der Waals surface area contributed by atoms with E-state index >= 15 is 0 Å². The molecule has 2 rings (SSSR count). The molecule has 0 radical (unpaired) electrons. The highest BCUT2D eigenvalue weighted by atomic mass is 19.1. The van der Waals surface area contributed by atoms with Crippen LogP contribution in [0.5, 0.6) is 0 Å². The molecule has 0 aliphatic rings. The van der Waals surface area contributed by atoms with Gasteiger partial charge in [-0.1, -0.05) is 30.3 Å². The molecule has 1 heterocycles. The van der Waals surface area contributed by atoms with Gasteiger partial charge in [0, 0.05) is 12.5 Å². The standard InChI is InChI=1S/C15H18FN3/c1-10-12(16)13(17-4)19-14(18-10)15(2,3)11-8-6-5-7-9-11/h5-9H,1-4H3,(H,17,18,19). The van der Waals surface area contributed by atoms with Gasteiger partial charge < -0.3 is 5.32 Å². The van der Waals surface area contributed by atoms with E-state index in [0.29, 0.717) is 11.5 Å². The number of hydrogen-bond donors (Lipinski definition) is 1. The van der Waals surface area contributed by atoms with Crippen LogP contribution in [0, 0.1) is 12.7 Å². The zero-order valence-corrected chi connectivity index (χ0v) is 11.7. The van der Waals surface area contributed by atoms with Crippen LogP contribution < -0.4 is 5.32 Å². The van der Waals surface area contributed by atoms with E-state index in [1.165, 1.54) is 0 Å². The second-order valence-corrected chi connectivity index (χ2v) is 5.04. The first kappa shape index (κ1) is 13.5. The van der Waals surface area contributed by atoms with Gasteiger partial charge in [-0.25, -0.2) is 14.4 Å². The molecule has 4 heteroatoms. The lowest BCUT2D eigenvalue weighted by Crippen LogP contribution is -2.24. The third-order valence-electron chi connectivity index (χ3n) is 3.31. The molecule has 1 N–H and O–H groups in total. The Labute approximate surface area is 112 Å². The number of rotatable bonds is 3. The van der Waals surface area contributed by atoms with Crippen LogP contribution in [0.2, 0.25) is 0 Å². The van der Waals surface area contributed by atoms with Crippen molar-refractivity contribution in [1.82, 2.24) is 9.97 Å². The topological polar surface area (TPSA) is 37.8 Å². The van der Waals surface area contributed by atoms with Gasteiger partial charge in [-0.2, -0.15) is 0 Å². The van der Waals surface area contributed by atoms with Crippen LogP contribution in [0.1, 0.15) is 30.9 Å². The molecular formula is C15H18FN3. The first-order valence-electron chi connectivity index (χ1n) is 6.24. The monoisotopic (exact) mass is 259 g/mol. The summed E-state index contributed by atoms with van der Waals surface area (Å²) in [6.45, 7) is 5.73. The fourth-order valence-electron chi connectivity index (χ4n) is 1.99. The van der Waals surface area contributed by atoms with Crippen molar-refractivity contribution in [3.63, 3.8) is 0 Å². The van der Waals surface area contributed by atoms with Crippen LogP contribution >= 0.6 is 0 Å². The van der Waals surface area contributed by atoms with E-state index in [2.05, 4.69) is 15.3 Å². The first-order chi connectivity index (χ1) is 8.96. The van der Waals surface area contributed by atoms with Gasteiger partial charge in [0.05, 0.1) is 5.69 Å². The Kier molecular flexibility index (Phi) is 3.51. The highest BCUT2D eigenvalue weighted by Gasteiger charge is 2.28. The molecule has 100 valence electrons. The average Bonchev–Trinajstić information content (AvgIpc) is 2.42. The molecule has 19 heavy (non-hydrogen) atoms. The Balaban J connectivity index is 2.55. The molecule has 0 aliphatic carbocycles. The predicted octanol–water partition coefficient (Wildman–Crippen LogP) is 3.29. The second kappa shape index (κ2) is 4.96. The van der Waals surface area contributed by atoms with Crippen molar-refractivity contribution >= 4 is 5.82 Å². The quantitative estimate of drug-likeness (QED) is 0.919. The summed E-state index contributed by atoms with van der Waals surface area (Å²) in [5, 5.41) is 2.77. The van der Waals surface area contributed by atoms with E-state index < -0.39 is 5.82 Å². The van der Waals surface area contributed by atoms with E-state index in [-0.39, 0.29) is 11.2 Å². The van der Waals surface area contributed by atoms with Gasteiger partial charge in [-0.15, -0.1) is 0 Å². The Bertz CT molecular complexity index is 579. The molecule has 0 atom stereocenters. The van der Waals surface area contributed by atoms with Gasteiger partial charge in [-0.05, 0) is 26.3 Å². The minimum atomic E-state index is -0.393. The van der Waals surface area contributed by atoms with Gasteiger partial charge in [0.1, 0.15) is 5.82 Å². The minimum absolute atomic E-state index is 0.242. The van der Waals surface area contributed by atoms with Gasteiger partial charge in [0.2, 0.25) is 0 Å². The van der Waals surface area contributed by atoms with Crippen LogP contribution in [-0.4, -0.2) is 17.0 Å². The van der Waals surface area contributed by atoms with Gasteiger partial charge in [0.15, 0.2) is 11.6 Å². The van der Waals surface area contributed by atoms with Crippen LogP contribution in [0.15, 0.2) is 30.3 Å². The molecule has 0 fully saturated rings. The van der Waals surface area contributed by atoms with E-state index in [1.807, 2.05) is 44.2 Å². The van der Waals surface area contributed by atoms with Crippen molar-refractivity contribution in [3.8, 4) is 0 Å². The highest BCUT2D eigenvalue weighted by molar-refractivity contribution is 5.40. The maximum absolute atomic E-state index is 13.8. The lowest BCUT2D eigenvalue weighted by molar-refractivity contribution is 0.557. The molecule has 3 nitrogen and oxygen atoms in total. The third-order valence-corrected chi connectivity index (χ3v) is 3.31. The lowest BCUT2D eigenvalue weighted by atomic mass is 9.83. The van der Waals surface area contributed by atoms with Crippen LogP contribution in [-0.2, 0) is 5.41 Å². The third kappa shape index (κ3) is 2.43. The number of aromatic nitrogens is 2. The van der Waals surface area contributed by atoms with Crippen molar-refractivity contribution in [3.05, 3.63) is 53.2 Å². The molecule has 0 unspecified atom stereocenters. The smallest absolute Gasteiger partial charge is 0.186 e. The van der Waals surface area contributed by atoms with Gasteiger partial charge in [0.25, 0.3) is 0 Å². The Morgan fingerprint density at radius 2 is 1.74 bits per heavy atom. The summed E-state index contributed by atoms with van der Waals surface area (Å²) in [4.78, 5) is 8.61. The summed E-state index contributed by atoms with van der Waals surface area (Å²) in [5.74, 6) is 0.462. The SMILES string of the molecule is CNc1nc(C(C)(C)c2ccccc2)nc(C)c1F. The number of aryl methyl sites for hydroxylation is 1. The number of anilines is 1. The fraction of sp³-hybridized carbons (Fsp3) is 0.333. The molecule has 2 aromatic rings. The molecule has 0 saturated heterocycles. The molecule has 0 saturated carbocycles. The normalized spacial score (nSPS) is 11.4. The van der Waals surface area contributed by atoms with Gasteiger partial charge in [-0.3, -0.25) is 0 Å². The van der Waals surface area contributed by atoms with Crippen LogP contribution in [0.4, 0.5) is 10.2 Å². The number of hydrogen-bond acceptors (Lipinski definition) is 3. The average molecular weight is 259 g/mol. The first-order valence-corrected chi connectivity index (χ1v) is 6.24. The molecule has 0 bridgehead atoms. The number of nitrogens with one attached hydrogen (secondary N) is 1. The zero-order chi connectivity index (χ0) is 14.0. The molecule has 0 aliphatic heterocycles. The summed E-state index contributed by atoms with van der Waals surface area (Å²) in [6.07, 6.45) is 0. The Hall–Kier alpha value is -1.97. The predicted molar refractivity (Wildman–Crippen MR) is 74.8 cm³/mol. The van der Waals surface area contributed by atoms with E-state index in [4.69, 9.17) is 0 Å². The minimum Gasteiger partial charge on any atom is -0.371 e. The summed E-state index contributed by atoms with van der Waals surface area (Å²) in [7, 11) is 1.66. The number of halogens is 1.